The number of aromatic nitrogens is 2. The second kappa shape index (κ2) is 6.69. The van der Waals surface area contributed by atoms with Gasteiger partial charge in [-0.2, -0.15) is 10.2 Å². The summed E-state index contributed by atoms with van der Waals surface area (Å²) in [4.78, 5) is 16.3. The summed E-state index contributed by atoms with van der Waals surface area (Å²) in [7, 11) is 2.05. The van der Waals surface area contributed by atoms with Gasteiger partial charge in [0.2, 0.25) is 0 Å². The Morgan fingerprint density at radius 2 is 1.90 bits per heavy atom. The molecule has 0 spiro atoms. The van der Waals surface area contributed by atoms with Gasteiger partial charge in [0.25, 0.3) is 0 Å². The predicted octanol–water partition coefficient (Wildman–Crippen LogP) is 3.27. The lowest BCUT2D eigenvalue weighted by Crippen LogP contribution is -2.65. The van der Waals surface area contributed by atoms with Crippen LogP contribution in [0.5, 0.6) is 0 Å². The monoisotopic (exact) mass is 427 g/mol. The Kier molecular flexibility index (Phi) is 4.38. The molecule has 2 aliphatic carbocycles. The Bertz CT molecular complexity index is 1050. The number of nitrogens with two attached hydrogens (primary N) is 1. The van der Waals surface area contributed by atoms with Crippen molar-refractivity contribution in [3.05, 3.63) is 47.2 Å². The zero-order chi connectivity index (χ0) is 22.1. The maximum absolute atomic E-state index is 14.4. The van der Waals surface area contributed by atoms with Crippen LogP contribution in [-0.4, -0.2) is 58.8 Å². The van der Waals surface area contributed by atoms with E-state index in [4.69, 9.17) is 5.73 Å². The molecule has 1 aromatic heterocycles. The largest absolute Gasteiger partial charge is 0.351 e. The lowest BCUT2D eigenvalue weighted by Gasteiger charge is -2.52. The molecule has 31 heavy (non-hydrogen) atoms. The Hall–Kier alpha value is -2.61. The van der Waals surface area contributed by atoms with Crippen LogP contribution >= 0.6 is 0 Å². The van der Waals surface area contributed by atoms with Gasteiger partial charge in [0.1, 0.15) is 11.6 Å². The van der Waals surface area contributed by atoms with Crippen LogP contribution < -0.4 is 5.73 Å². The van der Waals surface area contributed by atoms with E-state index < -0.39 is 23.1 Å². The smallest absolute Gasteiger partial charge is 0.315 e. The van der Waals surface area contributed by atoms with Crippen molar-refractivity contribution in [1.29, 1.82) is 0 Å². The molecule has 164 valence electrons. The minimum absolute atomic E-state index is 0.129. The van der Waals surface area contributed by atoms with E-state index in [1.807, 2.05) is 7.05 Å². The molecule has 1 aromatic carbocycles. The number of rotatable bonds is 2. The number of fused-ring (bicyclic) bond motifs is 5. The molecule has 2 amide bonds. The van der Waals surface area contributed by atoms with Gasteiger partial charge in [0.05, 0.1) is 23.0 Å². The molecule has 1 saturated carbocycles. The zero-order valence-electron chi connectivity index (χ0n) is 18.0. The summed E-state index contributed by atoms with van der Waals surface area (Å²) in [5.41, 5.74) is 7.08. The standard InChI is InChI=1S/C23H27F2N5O/c1-22(2)14-7-8-23(22,18-12-29(3)9-10-30(18)21(26)31)20-13(14)11-17(27-28-20)19-15(24)5-4-6-16(19)25/h4-6,11,14,18H,7-10,12H2,1-3H3,(H2,26,31). The molecule has 2 fully saturated rings. The summed E-state index contributed by atoms with van der Waals surface area (Å²) in [5, 5.41) is 8.86. The SMILES string of the molecule is CN1CCN(C(N)=O)C(C23CCC(c4cc(-c5c(F)cccc5F)nnc42)C3(C)C)C1. The summed E-state index contributed by atoms with van der Waals surface area (Å²) in [5.74, 6) is -1.13. The van der Waals surface area contributed by atoms with Gasteiger partial charge in [-0.05, 0) is 55.0 Å². The second-order valence-electron chi connectivity index (χ2n) is 9.72. The van der Waals surface area contributed by atoms with Crippen molar-refractivity contribution in [1.82, 2.24) is 20.0 Å². The van der Waals surface area contributed by atoms with E-state index in [0.29, 0.717) is 13.1 Å². The maximum atomic E-state index is 14.4. The van der Waals surface area contributed by atoms with Gasteiger partial charge in [-0.3, -0.25) is 0 Å². The van der Waals surface area contributed by atoms with Crippen LogP contribution in [0.4, 0.5) is 13.6 Å². The highest BCUT2D eigenvalue weighted by Crippen LogP contribution is 2.69. The van der Waals surface area contributed by atoms with Crippen molar-refractivity contribution >= 4 is 6.03 Å². The van der Waals surface area contributed by atoms with Gasteiger partial charge < -0.3 is 15.5 Å². The summed E-state index contributed by atoms with van der Waals surface area (Å²) in [6.07, 6.45) is 1.81. The number of carbonyl (C=O) groups is 1. The van der Waals surface area contributed by atoms with Gasteiger partial charge >= 0.3 is 6.03 Å². The third-order valence-electron chi connectivity index (χ3n) is 8.12. The molecule has 1 saturated heterocycles. The summed E-state index contributed by atoms with van der Waals surface area (Å²) in [6, 6.07) is 5.06. The minimum atomic E-state index is -0.653. The average Bonchev–Trinajstić information content (AvgIpc) is 3.09. The molecule has 2 heterocycles. The van der Waals surface area contributed by atoms with Crippen LogP contribution in [-0.2, 0) is 5.41 Å². The van der Waals surface area contributed by atoms with E-state index in [9.17, 15) is 13.6 Å². The van der Waals surface area contributed by atoms with Gasteiger partial charge in [-0.25, -0.2) is 13.6 Å². The van der Waals surface area contributed by atoms with Gasteiger partial charge in [0, 0.05) is 25.0 Å². The first-order valence-corrected chi connectivity index (χ1v) is 10.8. The number of piperazine rings is 1. The fourth-order valence-electron chi connectivity index (χ4n) is 6.58. The van der Waals surface area contributed by atoms with Crippen LogP contribution in [0.25, 0.3) is 11.3 Å². The molecule has 3 unspecified atom stereocenters. The number of hydrogen-bond donors (Lipinski definition) is 1. The molecule has 3 aliphatic rings. The van der Waals surface area contributed by atoms with Gasteiger partial charge in [0.15, 0.2) is 0 Å². The quantitative estimate of drug-likeness (QED) is 0.798. The third-order valence-corrected chi connectivity index (χ3v) is 8.12. The van der Waals surface area contributed by atoms with Crippen molar-refractivity contribution in [3.63, 3.8) is 0 Å². The Labute approximate surface area is 180 Å². The molecule has 5 rings (SSSR count). The van der Waals surface area contributed by atoms with E-state index in [1.54, 1.807) is 11.0 Å². The zero-order valence-corrected chi connectivity index (χ0v) is 18.0. The molecule has 3 atom stereocenters. The third kappa shape index (κ3) is 2.60. The summed E-state index contributed by atoms with van der Waals surface area (Å²) < 4.78 is 28.8. The van der Waals surface area contributed by atoms with E-state index in [1.165, 1.54) is 18.2 Å². The number of primary amides is 1. The van der Waals surface area contributed by atoms with Gasteiger partial charge in [-0.15, -0.1) is 0 Å². The lowest BCUT2D eigenvalue weighted by atomic mass is 9.63. The van der Waals surface area contributed by atoms with Crippen molar-refractivity contribution in [2.24, 2.45) is 11.1 Å². The number of amides is 2. The maximum Gasteiger partial charge on any atom is 0.315 e. The molecule has 2 N–H and O–H groups in total. The Morgan fingerprint density at radius 1 is 1.19 bits per heavy atom. The molecular weight excluding hydrogens is 400 g/mol. The first-order chi connectivity index (χ1) is 14.7. The molecule has 8 heteroatoms. The number of urea groups is 1. The van der Waals surface area contributed by atoms with Crippen molar-refractivity contribution in [2.75, 3.05) is 26.7 Å². The number of hydrogen-bond acceptors (Lipinski definition) is 4. The molecule has 2 aromatic rings. The first kappa shape index (κ1) is 20.3. The van der Waals surface area contributed by atoms with E-state index in [2.05, 4.69) is 28.9 Å². The summed E-state index contributed by atoms with van der Waals surface area (Å²) >= 11 is 0. The van der Waals surface area contributed by atoms with E-state index in [0.717, 1.165) is 30.6 Å². The van der Waals surface area contributed by atoms with Crippen LogP contribution in [0, 0.1) is 17.0 Å². The van der Waals surface area contributed by atoms with Crippen molar-refractivity contribution in [2.45, 2.75) is 44.1 Å². The number of likely N-dealkylation sites (N-methyl/N-ethyl adjacent to an activating group) is 1. The fourth-order valence-corrected chi connectivity index (χ4v) is 6.58. The first-order valence-electron chi connectivity index (χ1n) is 10.8. The normalized spacial score (nSPS) is 29.3. The van der Waals surface area contributed by atoms with Crippen LogP contribution in [0.1, 0.15) is 43.9 Å². The predicted molar refractivity (Wildman–Crippen MR) is 112 cm³/mol. The molecular formula is C23H27F2N5O. The molecule has 1 aliphatic heterocycles. The van der Waals surface area contributed by atoms with E-state index in [-0.39, 0.29) is 28.6 Å². The number of carbonyl (C=O) groups excluding carboxylic acids is 1. The highest BCUT2D eigenvalue weighted by molar-refractivity contribution is 5.73. The van der Waals surface area contributed by atoms with Crippen LogP contribution in [0.3, 0.4) is 0 Å². The topological polar surface area (TPSA) is 75.3 Å². The lowest BCUT2D eigenvalue weighted by molar-refractivity contribution is 0.0255. The Morgan fingerprint density at radius 3 is 2.58 bits per heavy atom. The fraction of sp³-hybridized carbons (Fsp3) is 0.522. The average molecular weight is 427 g/mol. The Balaban J connectivity index is 1.67. The minimum Gasteiger partial charge on any atom is -0.351 e. The van der Waals surface area contributed by atoms with E-state index >= 15 is 0 Å². The molecule has 2 bridgehead atoms. The second-order valence-corrected chi connectivity index (χ2v) is 9.72. The number of halogens is 2. The van der Waals surface area contributed by atoms with Crippen LogP contribution in [0.2, 0.25) is 0 Å². The van der Waals surface area contributed by atoms with Crippen molar-refractivity contribution < 1.29 is 13.6 Å². The number of benzene rings is 1. The van der Waals surface area contributed by atoms with Crippen molar-refractivity contribution in [3.8, 4) is 11.3 Å². The highest BCUT2D eigenvalue weighted by Gasteiger charge is 2.68. The highest BCUT2D eigenvalue weighted by atomic mass is 19.1. The molecule has 6 nitrogen and oxygen atoms in total. The summed E-state index contributed by atoms with van der Waals surface area (Å²) in [6.45, 7) is 6.46. The van der Waals surface area contributed by atoms with Crippen LogP contribution in [0.15, 0.2) is 24.3 Å². The number of nitrogens with zero attached hydrogens (tertiary/aromatic N) is 4. The van der Waals surface area contributed by atoms with Gasteiger partial charge in [-0.1, -0.05) is 19.9 Å². The molecule has 0 radical (unpaired) electrons.